The summed E-state index contributed by atoms with van der Waals surface area (Å²) >= 11 is 9.64. The van der Waals surface area contributed by atoms with E-state index in [1.165, 1.54) is 0 Å². The van der Waals surface area contributed by atoms with Gasteiger partial charge in [0.05, 0.1) is 7.11 Å². The molecule has 0 spiro atoms. The summed E-state index contributed by atoms with van der Waals surface area (Å²) in [6, 6.07) is 11.3. The molecule has 2 aromatic carbocycles. The SMILES string of the molecule is COc1ccc2c(c1)[C@H](N)CC(c1cc(Cl)ccc1Br)O2. The molecular weight excluding hydrogens is 354 g/mol. The van der Waals surface area contributed by atoms with Gasteiger partial charge in [-0.05, 0) is 36.4 Å². The van der Waals surface area contributed by atoms with Crippen molar-refractivity contribution in [3.63, 3.8) is 0 Å². The first-order chi connectivity index (χ1) is 10.1. The Labute approximate surface area is 137 Å². The highest BCUT2D eigenvalue weighted by atomic mass is 79.9. The zero-order valence-corrected chi connectivity index (χ0v) is 13.8. The lowest BCUT2D eigenvalue weighted by Gasteiger charge is -2.31. The Kier molecular flexibility index (Phi) is 4.11. The van der Waals surface area contributed by atoms with Crippen LogP contribution >= 0.6 is 27.5 Å². The van der Waals surface area contributed by atoms with Gasteiger partial charge in [0.25, 0.3) is 0 Å². The number of halogens is 2. The number of rotatable bonds is 2. The molecule has 0 radical (unpaired) electrons. The largest absolute Gasteiger partial charge is 0.497 e. The van der Waals surface area contributed by atoms with Gasteiger partial charge in [0.1, 0.15) is 17.6 Å². The lowest BCUT2D eigenvalue weighted by Crippen LogP contribution is -2.24. The minimum absolute atomic E-state index is 0.0975. The highest BCUT2D eigenvalue weighted by Gasteiger charge is 2.28. The van der Waals surface area contributed by atoms with E-state index >= 15 is 0 Å². The standard InChI is InChI=1S/C16H15BrClNO2/c1-20-10-3-5-15-12(7-10)14(19)8-16(21-15)11-6-9(18)2-4-13(11)17/h2-7,14,16H,8,19H2,1H3/t14-,16?/m1/s1. The Hall–Kier alpha value is -1.23. The molecule has 0 bridgehead atoms. The quantitative estimate of drug-likeness (QED) is 0.840. The molecule has 0 aromatic heterocycles. The van der Waals surface area contributed by atoms with Gasteiger partial charge in [0, 0.05) is 33.1 Å². The van der Waals surface area contributed by atoms with Crippen molar-refractivity contribution in [2.45, 2.75) is 18.6 Å². The monoisotopic (exact) mass is 367 g/mol. The first kappa shape index (κ1) is 14.7. The maximum Gasteiger partial charge on any atom is 0.127 e. The second-order valence-corrected chi connectivity index (χ2v) is 6.31. The van der Waals surface area contributed by atoms with Gasteiger partial charge >= 0.3 is 0 Å². The minimum Gasteiger partial charge on any atom is -0.497 e. The van der Waals surface area contributed by atoms with Crippen LogP contribution in [0.25, 0.3) is 0 Å². The van der Waals surface area contributed by atoms with Crippen molar-refractivity contribution in [2.24, 2.45) is 5.73 Å². The average Bonchev–Trinajstić information content (AvgIpc) is 2.49. The van der Waals surface area contributed by atoms with E-state index in [2.05, 4.69) is 15.9 Å². The van der Waals surface area contributed by atoms with Crippen LogP contribution in [-0.2, 0) is 0 Å². The van der Waals surface area contributed by atoms with Gasteiger partial charge in [-0.15, -0.1) is 0 Å². The van der Waals surface area contributed by atoms with E-state index in [-0.39, 0.29) is 12.1 Å². The molecule has 2 atom stereocenters. The fourth-order valence-electron chi connectivity index (χ4n) is 2.56. The van der Waals surface area contributed by atoms with E-state index in [1.54, 1.807) is 7.11 Å². The smallest absolute Gasteiger partial charge is 0.127 e. The maximum absolute atomic E-state index is 6.30. The molecule has 0 fully saturated rings. The topological polar surface area (TPSA) is 44.5 Å². The van der Waals surface area contributed by atoms with E-state index in [1.807, 2.05) is 36.4 Å². The van der Waals surface area contributed by atoms with Gasteiger partial charge in [-0.25, -0.2) is 0 Å². The number of benzene rings is 2. The van der Waals surface area contributed by atoms with Crippen LogP contribution in [0.4, 0.5) is 0 Å². The van der Waals surface area contributed by atoms with E-state index in [0.717, 1.165) is 27.1 Å². The molecule has 0 saturated heterocycles. The van der Waals surface area contributed by atoms with E-state index < -0.39 is 0 Å². The van der Waals surface area contributed by atoms with Crippen molar-refractivity contribution in [3.8, 4) is 11.5 Å². The molecule has 2 aromatic rings. The molecule has 21 heavy (non-hydrogen) atoms. The molecule has 5 heteroatoms. The van der Waals surface area contributed by atoms with Gasteiger partial charge in [-0.2, -0.15) is 0 Å². The summed E-state index contributed by atoms with van der Waals surface area (Å²) in [4.78, 5) is 0. The predicted octanol–water partition coefficient (Wildman–Crippen LogP) is 4.63. The molecule has 2 N–H and O–H groups in total. The second kappa shape index (κ2) is 5.87. The molecule has 0 aliphatic carbocycles. The maximum atomic E-state index is 6.30. The molecule has 1 aliphatic rings. The number of methoxy groups -OCH3 is 1. The normalized spacial score (nSPS) is 20.6. The van der Waals surface area contributed by atoms with Gasteiger partial charge in [-0.3, -0.25) is 0 Å². The summed E-state index contributed by atoms with van der Waals surface area (Å²) in [6.07, 6.45) is 0.577. The molecule has 3 rings (SSSR count). The number of fused-ring (bicyclic) bond motifs is 1. The molecule has 0 amide bonds. The van der Waals surface area contributed by atoms with Crippen molar-refractivity contribution in [2.75, 3.05) is 7.11 Å². The number of hydrogen-bond donors (Lipinski definition) is 1. The van der Waals surface area contributed by atoms with Gasteiger partial charge in [-0.1, -0.05) is 27.5 Å². The van der Waals surface area contributed by atoms with Crippen LogP contribution in [0.3, 0.4) is 0 Å². The summed E-state index contributed by atoms with van der Waals surface area (Å²) in [5.41, 5.74) is 8.29. The second-order valence-electron chi connectivity index (χ2n) is 5.02. The van der Waals surface area contributed by atoms with Crippen molar-refractivity contribution in [3.05, 3.63) is 57.0 Å². The van der Waals surface area contributed by atoms with Crippen LogP contribution in [0.5, 0.6) is 11.5 Å². The first-order valence-corrected chi connectivity index (χ1v) is 7.80. The zero-order chi connectivity index (χ0) is 15.0. The number of hydrogen-bond acceptors (Lipinski definition) is 3. The van der Waals surface area contributed by atoms with Crippen molar-refractivity contribution < 1.29 is 9.47 Å². The molecule has 0 saturated carbocycles. The molecule has 1 heterocycles. The van der Waals surface area contributed by atoms with Crippen molar-refractivity contribution in [1.29, 1.82) is 0 Å². The van der Waals surface area contributed by atoms with Crippen LogP contribution in [0.2, 0.25) is 5.02 Å². The third-order valence-electron chi connectivity index (χ3n) is 3.66. The predicted molar refractivity (Wildman–Crippen MR) is 87.1 cm³/mol. The van der Waals surface area contributed by atoms with Gasteiger partial charge in [0.15, 0.2) is 0 Å². The van der Waals surface area contributed by atoms with Crippen LogP contribution in [0.1, 0.15) is 29.7 Å². The Bertz CT molecular complexity index is 677. The highest BCUT2D eigenvalue weighted by Crippen LogP contribution is 2.43. The van der Waals surface area contributed by atoms with E-state index in [9.17, 15) is 0 Å². The summed E-state index contributed by atoms with van der Waals surface area (Å²) in [5.74, 6) is 1.58. The third kappa shape index (κ3) is 2.89. The van der Waals surface area contributed by atoms with Gasteiger partial charge in [0.2, 0.25) is 0 Å². The molecule has 1 aliphatic heterocycles. The first-order valence-electron chi connectivity index (χ1n) is 6.63. The summed E-state index contributed by atoms with van der Waals surface area (Å²) in [5, 5.41) is 0.686. The lowest BCUT2D eigenvalue weighted by molar-refractivity contribution is 0.160. The zero-order valence-electron chi connectivity index (χ0n) is 11.5. The van der Waals surface area contributed by atoms with E-state index in [4.69, 9.17) is 26.8 Å². The molecular formula is C16H15BrClNO2. The van der Waals surface area contributed by atoms with Crippen LogP contribution in [0.15, 0.2) is 40.9 Å². The molecule has 110 valence electrons. The van der Waals surface area contributed by atoms with Crippen molar-refractivity contribution in [1.82, 2.24) is 0 Å². The fourth-order valence-corrected chi connectivity index (χ4v) is 3.24. The average molecular weight is 369 g/mol. The Morgan fingerprint density at radius 3 is 2.81 bits per heavy atom. The van der Waals surface area contributed by atoms with E-state index in [0.29, 0.717) is 11.4 Å². The highest BCUT2D eigenvalue weighted by molar-refractivity contribution is 9.10. The Balaban J connectivity index is 1.96. The molecule has 1 unspecified atom stereocenters. The summed E-state index contributed by atoms with van der Waals surface area (Å²) in [6.45, 7) is 0. The Morgan fingerprint density at radius 1 is 1.24 bits per heavy atom. The van der Waals surface area contributed by atoms with Crippen molar-refractivity contribution >= 4 is 27.5 Å². The molecule has 3 nitrogen and oxygen atoms in total. The van der Waals surface area contributed by atoms with Crippen LogP contribution < -0.4 is 15.2 Å². The fraction of sp³-hybridized carbons (Fsp3) is 0.250. The summed E-state index contributed by atoms with van der Waals surface area (Å²) in [7, 11) is 1.64. The lowest BCUT2D eigenvalue weighted by atomic mass is 9.93. The number of ether oxygens (including phenoxy) is 2. The Morgan fingerprint density at radius 2 is 2.05 bits per heavy atom. The van der Waals surface area contributed by atoms with Gasteiger partial charge < -0.3 is 15.2 Å². The van der Waals surface area contributed by atoms with Crippen LogP contribution in [0, 0.1) is 0 Å². The van der Waals surface area contributed by atoms with Crippen LogP contribution in [-0.4, -0.2) is 7.11 Å². The minimum atomic E-state index is -0.117. The number of nitrogens with two attached hydrogens (primary N) is 1. The summed E-state index contributed by atoms with van der Waals surface area (Å²) < 4.78 is 12.3. The third-order valence-corrected chi connectivity index (χ3v) is 4.62.